The number of hydrogen-bond donors (Lipinski definition) is 0. The van der Waals surface area contributed by atoms with Gasteiger partial charge in [0.15, 0.2) is 6.29 Å². The molecule has 1 aromatic rings. The van der Waals surface area contributed by atoms with Crippen molar-refractivity contribution in [1.82, 2.24) is 0 Å². The van der Waals surface area contributed by atoms with Gasteiger partial charge in [-0.05, 0) is 37.3 Å². The highest BCUT2D eigenvalue weighted by atomic mass is 28.4. The van der Waals surface area contributed by atoms with Gasteiger partial charge in [0, 0.05) is 6.61 Å². The molecule has 1 unspecified atom stereocenters. The molecule has 2 aliphatic heterocycles. The second kappa shape index (κ2) is 5.89. The molecular weight excluding hydrogens is 304 g/mol. The van der Waals surface area contributed by atoms with E-state index in [4.69, 9.17) is 9.47 Å². The molecule has 0 N–H and O–H groups in total. The summed E-state index contributed by atoms with van der Waals surface area (Å²) in [6.45, 7) is 14.0. The van der Waals surface area contributed by atoms with Crippen molar-refractivity contribution in [3.05, 3.63) is 23.3 Å². The van der Waals surface area contributed by atoms with Gasteiger partial charge in [-0.3, -0.25) is 0 Å². The van der Waals surface area contributed by atoms with Gasteiger partial charge in [0.05, 0.1) is 22.8 Å². The van der Waals surface area contributed by atoms with Crippen molar-refractivity contribution in [2.75, 3.05) is 6.61 Å². The highest BCUT2D eigenvalue weighted by Gasteiger charge is 2.44. The minimum absolute atomic E-state index is 0.0116. The van der Waals surface area contributed by atoms with Crippen molar-refractivity contribution in [2.45, 2.75) is 70.9 Å². The van der Waals surface area contributed by atoms with Crippen LogP contribution in [0.3, 0.4) is 0 Å². The van der Waals surface area contributed by atoms with Crippen LogP contribution in [0.4, 0.5) is 0 Å². The van der Waals surface area contributed by atoms with Crippen molar-refractivity contribution < 1.29 is 9.47 Å². The first-order chi connectivity index (χ1) is 10.3. The summed E-state index contributed by atoms with van der Waals surface area (Å²) in [6.07, 6.45) is 3.46. The van der Waals surface area contributed by atoms with Gasteiger partial charge >= 0.3 is 0 Å². The first-order valence-electron chi connectivity index (χ1n) is 8.67. The van der Waals surface area contributed by atoms with Gasteiger partial charge in [-0.15, -0.1) is 0 Å². The van der Waals surface area contributed by atoms with E-state index in [0.717, 1.165) is 13.0 Å². The lowest BCUT2D eigenvalue weighted by Crippen LogP contribution is -2.44. The van der Waals surface area contributed by atoms with Gasteiger partial charge in [0.2, 0.25) is 0 Å². The molecule has 22 heavy (non-hydrogen) atoms. The Labute approximate surface area is 137 Å². The predicted octanol–water partition coefficient (Wildman–Crippen LogP) is 3.42. The Balaban J connectivity index is 1.82. The monoisotopic (exact) mass is 334 g/mol. The van der Waals surface area contributed by atoms with Crippen LogP contribution in [0.2, 0.25) is 31.9 Å². The summed E-state index contributed by atoms with van der Waals surface area (Å²) in [4.78, 5) is 0. The number of rotatable bonds is 3. The Bertz CT molecular complexity index is 560. The van der Waals surface area contributed by atoms with Gasteiger partial charge in [0.25, 0.3) is 0 Å². The number of hydrogen-bond acceptors (Lipinski definition) is 2. The molecule has 1 atom stereocenters. The fourth-order valence-corrected chi connectivity index (χ4v) is 19.5. The number of aryl methyl sites for hydroxylation is 1. The number of fused-ring (bicyclic) bond motifs is 1. The maximum Gasteiger partial charge on any atom is 0.158 e. The third-order valence-corrected chi connectivity index (χ3v) is 16.4. The molecule has 0 aromatic heterocycles. The quantitative estimate of drug-likeness (QED) is 0.789. The summed E-state index contributed by atoms with van der Waals surface area (Å²) in [5, 5.41) is 3.43. The first kappa shape index (κ1) is 16.4. The molecule has 2 nitrogen and oxygen atoms in total. The van der Waals surface area contributed by atoms with E-state index in [1.807, 2.05) is 0 Å². The topological polar surface area (TPSA) is 18.5 Å². The number of benzene rings is 1. The van der Waals surface area contributed by atoms with Crippen LogP contribution in [0, 0.1) is 6.92 Å². The van der Waals surface area contributed by atoms with Crippen molar-refractivity contribution in [1.29, 1.82) is 0 Å². The zero-order valence-corrected chi connectivity index (χ0v) is 16.8. The van der Waals surface area contributed by atoms with E-state index in [0.29, 0.717) is 6.61 Å². The minimum atomic E-state index is -1.24. The van der Waals surface area contributed by atoms with Crippen molar-refractivity contribution in [3.8, 4) is 0 Å². The molecule has 2 heterocycles. The maximum absolute atomic E-state index is 6.03. The normalized spacial score (nSPS) is 26.0. The van der Waals surface area contributed by atoms with E-state index in [-0.39, 0.29) is 6.29 Å². The third kappa shape index (κ3) is 3.11. The van der Waals surface area contributed by atoms with Crippen molar-refractivity contribution >= 4 is 26.5 Å². The second-order valence-electron chi connectivity index (χ2n) is 8.38. The van der Waals surface area contributed by atoms with Gasteiger partial charge in [0.1, 0.15) is 0 Å². The lowest BCUT2D eigenvalue weighted by molar-refractivity contribution is -0.169. The molecule has 122 valence electrons. The molecule has 2 aliphatic rings. The van der Waals surface area contributed by atoms with Gasteiger partial charge in [-0.1, -0.05) is 54.4 Å². The van der Waals surface area contributed by atoms with Crippen LogP contribution >= 0.6 is 0 Å². The molecule has 0 radical (unpaired) electrons. The van der Waals surface area contributed by atoms with Crippen molar-refractivity contribution in [2.24, 2.45) is 0 Å². The first-order valence-corrected chi connectivity index (χ1v) is 15.1. The van der Waals surface area contributed by atoms with Gasteiger partial charge in [-0.2, -0.15) is 0 Å². The Morgan fingerprint density at radius 2 is 1.77 bits per heavy atom. The average molecular weight is 335 g/mol. The zero-order valence-electron chi connectivity index (χ0n) is 14.8. The largest absolute Gasteiger partial charge is 0.353 e. The van der Waals surface area contributed by atoms with Crippen LogP contribution in [0.15, 0.2) is 12.1 Å². The van der Waals surface area contributed by atoms with E-state index in [9.17, 15) is 0 Å². The average Bonchev–Trinajstić information content (AvgIpc) is 2.62. The van der Waals surface area contributed by atoms with Gasteiger partial charge in [-0.25, -0.2) is 0 Å². The molecule has 1 fully saturated rings. The summed E-state index contributed by atoms with van der Waals surface area (Å²) in [6, 6.07) is 4.98. The fourth-order valence-electron chi connectivity index (χ4n) is 4.35. The molecule has 0 spiro atoms. The maximum atomic E-state index is 6.03. The summed E-state index contributed by atoms with van der Waals surface area (Å²) in [7, 11) is -2.45. The SMILES string of the molecule is Cc1cc2c(cc1COC1CCCCO1)[Si](C)(C)C[Si]2(C)C. The van der Waals surface area contributed by atoms with Crippen LogP contribution in [-0.2, 0) is 16.1 Å². The molecule has 3 rings (SSSR count). The highest BCUT2D eigenvalue weighted by molar-refractivity contribution is 7.14. The molecule has 0 amide bonds. The van der Waals surface area contributed by atoms with Crippen LogP contribution in [-0.4, -0.2) is 29.0 Å². The fraction of sp³-hybridized carbons (Fsp3) is 0.667. The molecule has 0 saturated carbocycles. The smallest absolute Gasteiger partial charge is 0.158 e. The highest BCUT2D eigenvalue weighted by Crippen LogP contribution is 2.28. The molecule has 4 heteroatoms. The van der Waals surface area contributed by atoms with Gasteiger partial charge < -0.3 is 9.47 Å². The molecular formula is C18H30O2Si2. The van der Waals surface area contributed by atoms with E-state index in [1.165, 1.54) is 29.6 Å². The molecule has 1 saturated heterocycles. The Kier molecular flexibility index (Phi) is 4.40. The van der Waals surface area contributed by atoms with Crippen LogP contribution in [0.5, 0.6) is 0 Å². The summed E-state index contributed by atoms with van der Waals surface area (Å²) in [5.74, 6) is 0. The van der Waals surface area contributed by atoms with Crippen LogP contribution < -0.4 is 10.4 Å². The summed E-state index contributed by atoms with van der Waals surface area (Å²) >= 11 is 0. The molecule has 0 aliphatic carbocycles. The Morgan fingerprint density at radius 3 is 2.41 bits per heavy atom. The summed E-state index contributed by atoms with van der Waals surface area (Å²) in [5.41, 5.74) is 4.27. The Morgan fingerprint density at radius 1 is 1.09 bits per heavy atom. The predicted molar refractivity (Wildman–Crippen MR) is 98.6 cm³/mol. The summed E-state index contributed by atoms with van der Waals surface area (Å²) < 4.78 is 11.7. The van der Waals surface area contributed by atoms with E-state index in [2.05, 4.69) is 45.2 Å². The van der Waals surface area contributed by atoms with E-state index in [1.54, 1.807) is 10.4 Å². The van der Waals surface area contributed by atoms with Crippen molar-refractivity contribution in [3.63, 3.8) is 0 Å². The zero-order chi connectivity index (χ0) is 16.0. The molecule has 1 aromatic carbocycles. The van der Waals surface area contributed by atoms with E-state index >= 15 is 0 Å². The van der Waals surface area contributed by atoms with Crippen LogP contribution in [0.25, 0.3) is 0 Å². The lowest BCUT2D eigenvalue weighted by Gasteiger charge is -2.24. The number of ether oxygens (including phenoxy) is 2. The third-order valence-electron chi connectivity index (χ3n) is 5.38. The minimum Gasteiger partial charge on any atom is -0.353 e. The van der Waals surface area contributed by atoms with Crippen LogP contribution in [0.1, 0.15) is 30.4 Å². The lowest BCUT2D eigenvalue weighted by atomic mass is 10.1. The standard InChI is InChI=1S/C18H30O2Si2/c1-14-10-16-17(22(4,5)13-21(16,2)3)11-15(14)12-20-18-8-6-7-9-19-18/h10-11,18H,6-9,12-13H2,1-5H3. The van der Waals surface area contributed by atoms with E-state index < -0.39 is 16.1 Å². The molecule has 0 bridgehead atoms. The Hall–Kier alpha value is -0.426. The second-order valence-corrected chi connectivity index (χ2v) is 18.4.